The van der Waals surface area contributed by atoms with Crippen molar-refractivity contribution < 1.29 is 19.8 Å². The first kappa shape index (κ1) is 17.0. The van der Waals surface area contributed by atoms with Gasteiger partial charge in [0.1, 0.15) is 0 Å². The number of pyridine rings is 1. The molecule has 1 aromatic heterocycles. The maximum Gasteiger partial charge on any atom is 2.00 e. The van der Waals surface area contributed by atoms with E-state index in [0.717, 1.165) is 0 Å². The molecular weight excluding hydrogens is 222 g/mol. The number of nitrogens with zero attached hydrogens (tertiary/aromatic N) is 1. The van der Waals surface area contributed by atoms with Crippen molar-refractivity contribution in [2.75, 3.05) is 0 Å². The molecule has 0 spiro atoms. The van der Waals surface area contributed by atoms with Gasteiger partial charge in [0.25, 0.3) is 0 Å². The molecule has 0 bridgehead atoms. The molecule has 1 aromatic rings. The first-order chi connectivity index (χ1) is 6.95. The summed E-state index contributed by atoms with van der Waals surface area (Å²) in [7, 11) is 0. The molecule has 0 N–H and O–H groups in total. The molecule has 0 atom stereocenters. The van der Waals surface area contributed by atoms with Gasteiger partial charge in [0.15, 0.2) is 0 Å². The molecule has 1 rings (SSSR count). The Morgan fingerprint density at radius 2 is 1.62 bits per heavy atom. The first-order valence-electron chi connectivity index (χ1n) is 3.93. The minimum atomic E-state index is -1.19. The molecule has 0 radical (unpaired) electrons. The molecule has 0 fully saturated rings. The van der Waals surface area contributed by atoms with Crippen LogP contribution in [-0.4, -0.2) is 40.0 Å². The van der Waals surface area contributed by atoms with Gasteiger partial charge >= 0.3 is 23.1 Å². The van der Waals surface area contributed by atoms with Gasteiger partial charge in [0.2, 0.25) is 0 Å². The van der Waals surface area contributed by atoms with E-state index in [1.807, 2.05) is 0 Å². The molecular formula is C10H9MgNO4. The fourth-order valence-corrected chi connectivity index (χ4v) is 0.488. The summed E-state index contributed by atoms with van der Waals surface area (Å²) in [6.45, 7) is 4.48. The standard InChI is InChI=1S/C6H5NO2.C4H6O2.Mg/c8-6(9)5-1-3-7-4-2-5;1-3(2)4(5)6;/h1-4H,(H,8,9);1H2,2H3,(H,5,6);/q;;+2/p-2. The minimum absolute atomic E-state index is 0. The van der Waals surface area contributed by atoms with Crippen LogP contribution in [0.15, 0.2) is 36.7 Å². The van der Waals surface area contributed by atoms with Gasteiger partial charge in [-0.1, -0.05) is 6.58 Å². The Morgan fingerprint density at radius 3 is 1.81 bits per heavy atom. The zero-order chi connectivity index (χ0) is 11.8. The molecule has 1 heterocycles. The van der Waals surface area contributed by atoms with Crippen LogP contribution >= 0.6 is 0 Å². The number of carbonyl (C=O) groups excluding carboxylic acids is 2. The van der Waals surface area contributed by atoms with Gasteiger partial charge in [-0.3, -0.25) is 4.98 Å². The summed E-state index contributed by atoms with van der Waals surface area (Å²) in [4.78, 5) is 23.2. The van der Waals surface area contributed by atoms with E-state index >= 15 is 0 Å². The third-order valence-electron chi connectivity index (χ3n) is 1.26. The summed E-state index contributed by atoms with van der Waals surface area (Å²) in [5.74, 6) is -2.35. The predicted octanol–water partition coefficient (Wildman–Crippen LogP) is -1.62. The molecule has 0 saturated heterocycles. The molecule has 0 aliphatic carbocycles. The number of aliphatic carboxylic acids is 1. The number of carboxylic acids is 2. The van der Waals surface area contributed by atoms with Crippen molar-refractivity contribution in [1.29, 1.82) is 0 Å². The Kier molecular flexibility index (Phi) is 9.43. The second kappa shape index (κ2) is 8.87. The predicted molar refractivity (Wildman–Crippen MR) is 54.1 cm³/mol. The van der Waals surface area contributed by atoms with Crippen molar-refractivity contribution in [1.82, 2.24) is 4.98 Å². The van der Waals surface area contributed by atoms with Crippen molar-refractivity contribution in [3.8, 4) is 0 Å². The average Bonchev–Trinajstić information content (AvgIpc) is 2.20. The molecule has 0 saturated carbocycles. The zero-order valence-corrected chi connectivity index (χ0v) is 10.2. The van der Waals surface area contributed by atoms with Gasteiger partial charge in [0, 0.05) is 18.0 Å². The maximum absolute atomic E-state index is 10.1. The van der Waals surface area contributed by atoms with Crippen LogP contribution in [0.1, 0.15) is 17.3 Å². The monoisotopic (exact) mass is 231 g/mol. The van der Waals surface area contributed by atoms with Gasteiger partial charge in [-0.15, -0.1) is 0 Å². The normalized spacial score (nSPS) is 7.81. The summed E-state index contributed by atoms with van der Waals surface area (Å²) in [5, 5.41) is 19.6. The number of hydrogen-bond acceptors (Lipinski definition) is 5. The van der Waals surface area contributed by atoms with E-state index in [9.17, 15) is 19.8 Å². The van der Waals surface area contributed by atoms with Crippen molar-refractivity contribution >= 4 is 35.0 Å². The number of aromatic nitrogens is 1. The van der Waals surface area contributed by atoms with Crippen molar-refractivity contribution in [3.05, 3.63) is 42.2 Å². The van der Waals surface area contributed by atoms with Crippen molar-refractivity contribution in [2.24, 2.45) is 0 Å². The van der Waals surface area contributed by atoms with Crippen LogP contribution in [0.25, 0.3) is 0 Å². The molecule has 0 amide bonds. The smallest absolute Gasteiger partial charge is 0.545 e. The maximum atomic E-state index is 10.1. The van der Waals surface area contributed by atoms with E-state index in [4.69, 9.17) is 0 Å². The fraction of sp³-hybridized carbons (Fsp3) is 0.100. The topological polar surface area (TPSA) is 93.1 Å². The van der Waals surface area contributed by atoms with Crippen LogP contribution in [0.5, 0.6) is 0 Å². The summed E-state index contributed by atoms with van der Waals surface area (Å²) in [5.41, 5.74) is 0.222. The van der Waals surface area contributed by atoms with Crippen LogP contribution in [0.3, 0.4) is 0 Å². The zero-order valence-electron chi connectivity index (χ0n) is 8.80. The molecule has 0 unspecified atom stereocenters. The molecule has 0 aromatic carbocycles. The molecule has 6 heteroatoms. The second-order valence-electron chi connectivity index (χ2n) is 2.59. The van der Waals surface area contributed by atoms with E-state index in [1.165, 1.54) is 31.5 Å². The largest absolute Gasteiger partial charge is 2.00 e. The Morgan fingerprint density at radius 1 is 1.25 bits per heavy atom. The number of aromatic carboxylic acids is 1. The fourth-order valence-electron chi connectivity index (χ4n) is 0.488. The van der Waals surface area contributed by atoms with Gasteiger partial charge in [-0.2, -0.15) is 0 Å². The summed E-state index contributed by atoms with van der Waals surface area (Å²) in [6, 6.07) is 2.77. The Bertz CT molecular complexity index is 352. The Hall–Kier alpha value is -1.40. The van der Waals surface area contributed by atoms with Crippen LogP contribution < -0.4 is 10.2 Å². The Balaban J connectivity index is 0. The van der Waals surface area contributed by atoms with Gasteiger partial charge in [-0.05, 0) is 24.6 Å². The quantitative estimate of drug-likeness (QED) is 0.450. The number of rotatable bonds is 2. The first-order valence-corrected chi connectivity index (χ1v) is 3.93. The van der Waals surface area contributed by atoms with Crippen molar-refractivity contribution in [3.63, 3.8) is 0 Å². The van der Waals surface area contributed by atoms with E-state index in [-0.39, 0.29) is 34.2 Å². The van der Waals surface area contributed by atoms with Gasteiger partial charge in [-0.25, -0.2) is 0 Å². The van der Waals surface area contributed by atoms with E-state index in [0.29, 0.717) is 0 Å². The van der Waals surface area contributed by atoms with Gasteiger partial charge < -0.3 is 19.8 Å². The third kappa shape index (κ3) is 7.95. The van der Waals surface area contributed by atoms with E-state index < -0.39 is 11.9 Å². The van der Waals surface area contributed by atoms with Crippen LogP contribution in [0.2, 0.25) is 0 Å². The van der Waals surface area contributed by atoms with E-state index in [1.54, 1.807) is 0 Å². The molecule has 16 heavy (non-hydrogen) atoms. The molecule has 80 valence electrons. The van der Waals surface area contributed by atoms with Crippen LogP contribution in [0.4, 0.5) is 0 Å². The summed E-state index contributed by atoms with van der Waals surface area (Å²) in [6.07, 6.45) is 2.82. The van der Waals surface area contributed by atoms with Crippen LogP contribution in [0, 0.1) is 0 Å². The van der Waals surface area contributed by atoms with E-state index in [2.05, 4.69) is 11.6 Å². The van der Waals surface area contributed by atoms with Gasteiger partial charge in [0.05, 0.1) is 11.9 Å². The third-order valence-corrected chi connectivity index (χ3v) is 1.26. The SMILES string of the molecule is C=C(C)C(=O)[O-].O=C([O-])c1ccncc1.[Mg+2]. The summed E-state index contributed by atoms with van der Waals surface area (Å²) >= 11 is 0. The molecule has 5 nitrogen and oxygen atoms in total. The number of carboxylic acid groups (broad SMARTS) is 2. The molecule has 0 aliphatic rings. The van der Waals surface area contributed by atoms with Crippen molar-refractivity contribution in [2.45, 2.75) is 6.92 Å². The number of hydrogen-bond donors (Lipinski definition) is 0. The Labute approximate surface area is 109 Å². The summed E-state index contributed by atoms with van der Waals surface area (Å²) < 4.78 is 0. The number of carbonyl (C=O) groups is 2. The second-order valence-corrected chi connectivity index (χ2v) is 2.59. The average molecular weight is 231 g/mol. The van der Waals surface area contributed by atoms with Crippen LogP contribution in [-0.2, 0) is 4.79 Å². The molecule has 0 aliphatic heterocycles. The minimum Gasteiger partial charge on any atom is -0.545 e.